The number of ether oxygens (including phenoxy) is 2. The second kappa shape index (κ2) is 5.15. The Hall–Kier alpha value is -1.93. The summed E-state index contributed by atoms with van der Waals surface area (Å²) in [5.41, 5.74) is -2.00. The van der Waals surface area contributed by atoms with Gasteiger partial charge in [0, 0.05) is 0 Å². The van der Waals surface area contributed by atoms with E-state index in [0.29, 0.717) is 6.20 Å². The Morgan fingerprint density at radius 3 is 2.39 bits per heavy atom. The first-order valence-electron chi connectivity index (χ1n) is 4.36. The first kappa shape index (κ1) is 14.1. The van der Waals surface area contributed by atoms with Crippen LogP contribution >= 0.6 is 0 Å². The summed E-state index contributed by atoms with van der Waals surface area (Å²) in [7, 11) is 1.02. The Morgan fingerprint density at radius 1 is 1.39 bits per heavy atom. The normalized spacial score (nSPS) is 11.5. The highest BCUT2D eigenvalue weighted by Crippen LogP contribution is 2.36. The average molecular weight is 271 g/mol. The fraction of sp³-hybridized carbons (Fsp3) is 0.333. The Morgan fingerprint density at radius 2 is 2.00 bits per heavy atom. The van der Waals surface area contributed by atoms with Crippen molar-refractivity contribution in [3.63, 3.8) is 0 Å². The maximum absolute atomic E-state index is 12.7. The van der Waals surface area contributed by atoms with Crippen LogP contribution in [0.1, 0.15) is 22.3 Å². The van der Waals surface area contributed by atoms with E-state index in [1.165, 1.54) is 0 Å². The van der Waals surface area contributed by atoms with E-state index in [1.807, 2.05) is 0 Å². The minimum atomic E-state index is -5.14. The molecule has 0 unspecified atom stereocenters. The van der Waals surface area contributed by atoms with E-state index in [1.54, 1.807) is 0 Å². The maximum Gasteiger partial charge on any atom is 0.574 e. The van der Waals surface area contributed by atoms with Gasteiger partial charge in [0.25, 0.3) is 6.43 Å². The molecular weight excluding hydrogens is 265 g/mol. The summed E-state index contributed by atoms with van der Waals surface area (Å²) in [6.45, 7) is 0. The van der Waals surface area contributed by atoms with E-state index in [-0.39, 0.29) is 6.29 Å². The Labute approximate surface area is 97.3 Å². The number of halogens is 5. The van der Waals surface area contributed by atoms with Gasteiger partial charge in [-0.1, -0.05) is 0 Å². The maximum atomic E-state index is 12.7. The third-order valence-electron chi connectivity index (χ3n) is 1.85. The molecule has 100 valence electrons. The number of carbonyl (C=O) groups excluding carboxylic acids is 1. The van der Waals surface area contributed by atoms with Gasteiger partial charge in [0.15, 0.2) is 6.29 Å². The molecule has 1 aromatic heterocycles. The number of nitrogens with zero attached hydrogens (tertiary/aromatic N) is 1. The predicted molar refractivity (Wildman–Crippen MR) is 47.8 cm³/mol. The van der Waals surface area contributed by atoms with Gasteiger partial charge in [0.1, 0.15) is 5.75 Å². The third kappa shape index (κ3) is 3.05. The number of alkyl halides is 5. The number of methoxy groups -OCH3 is 1. The average Bonchev–Trinajstić information content (AvgIpc) is 2.26. The monoisotopic (exact) mass is 271 g/mol. The van der Waals surface area contributed by atoms with Gasteiger partial charge < -0.3 is 9.47 Å². The van der Waals surface area contributed by atoms with Crippen molar-refractivity contribution in [3.05, 3.63) is 17.3 Å². The lowest BCUT2D eigenvalue weighted by molar-refractivity contribution is -0.276. The molecule has 1 rings (SSSR count). The highest BCUT2D eigenvalue weighted by atomic mass is 19.4. The van der Waals surface area contributed by atoms with E-state index in [2.05, 4.69) is 14.5 Å². The van der Waals surface area contributed by atoms with Crippen LogP contribution in [0.3, 0.4) is 0 Å². The predicted octanol–water partition coefficient (Wildman–Crippen LogP) is 2.74. The number of aldehydes is 1. The summed E-state index contributed by atoms with van der Waals surface area (Å²) in [6.07, 6.45) is -7.93. The van der Waals surface area contributed by atoms with Crippen molar-refractivity contribution >= 4 is 6.29 Å². The summed E-state index contributed by atoms with van der Waals surface area (Å²) in [4.78, 5) is 13.7. The number of pyridine rings is 1. The van der Waals surface area contributed by atoms with Crippen LogP contribution in [0.15, 0.2) is 6.20 Å². The topological polar surface area (TPSA) is 48.4 Å². The first-order chi connectivity index (χ1) is 8.30. The molecule has 4 nitrogen and oxygen atoms in total. The van der Waals surface area contributed by atoms with Gasteiger partial charge in [-0.25, -0.2) is 13.8 Å². The van der Waals surface area contributed by atoms with Crippen molar-refractivity contribution in [3.8, 4) is 11.6 Å². The van der Waals surface area contributed by atoms with Gasteiger partial charge >= 0.3 is 6.36 Å². The molecular formula is C9H6F5NO3. The first-order valence-corrected chi connectivity index (χ1v) is 4.36. The number of aromatic nitrogens is 1. The van der Waals surface area contributed by atoms with Crippen molar-refractivity contribution in [2.24, 2.45) is 0 Å². The summed E-state index contributed by atoms with van der Waals surface area (Å²) in [5.74, 6) is -1.74. The van der Waals surface area contributed by atoms with Crippen molar-refractivity contribution < 1.29 is 36.2 Å². The molecule has 9 heteroatoms. The van der Waals surface area contributed by atoms with E-state index in [0.717, 1.165) is 7.11 Å². The lowest BCUT2D eigenvalue weighted by Crippen LogP contribution is -2.19. The molecule has 0 N–H and O–H groups in total. The lowest BCUT2D eigenvalue weighted by Gasteiger charge is -2.14. The number of hydrogen-bond donors (Lipinski definition) is 0. The zero-order valence-electron chi connectivity index (χ0n) is 8.79. The molecule has 0 saturated carbocycles. The highest BCUT2D eigenvalue weighted by molar-refractivity contribution is 5.82. The van der Waals surface area contributed by atoms with Gasteiger partial charge in [-0.15, -0.1) is 13.2 Å². The van der Waals surface area contributed by atoms with Crippen molar-refractivity contribution in [1.82, 2.24) is 4.98 Å². The quantitative estimate of drug-likeness (QED) is 0.624. The summed E-state index contributed by atoms with van der Waals surface area (Å²) >= 11 is 0. The van der Waals surface area contributed by atoms with E-state index >= 15 is 0 Å². The van der Waals surface area contributed by atoms with Crippen LogP contribution in [-0.4, -0.2) is 24.7 Å². The van der Waals surface area contributed by atoms with Crippen LogP contribution in [0.4, 0.5) is 22.0 Å². The molecule has 0 aliphatic heterocycles. The minimum absolute atomic E-state index is 0.196. The van der Waals surface area contributed by atoms with E-state index in [9.17, 15) is 26.7 Å². The molecule has 0 aromatic carbocycles. The summed E-state index contributed by atoms with van der Waals surface area (Å²) in [5, 5.41) is 0. The van der Waals surface area contributed by atoms with Crippen LogP contribution < -0.4 is 9.47 Å². The molecule has 1 heterocycles. The Balaban J connectivity index is 3.38. The second-order valence-corrected chi connectivity index (χ2v) is 2.93. The van der Waals surface area contributed by atoms with E-state index in [4.69, 9.17) is 0 Å². The molecule has 0 aliphatic carbocycles. The summed E-state index contributed by atoms with van der Waals surface area (Å²) in [6, 6.07) is 0. The number of rotatable bonds is 4. The molecule has 0 atom stereocenters. The standard InChI is InChI=1S/C9H6F5NO3/c1-17-5-2-15-8(18-9(12,13)14)4(3-16)6(5)7(10)11/h2-3,7H,1H3. The van der Waals surface area contributed by atoms with Crippen LogP contribution in [0.25, 0.3) is 0 Å². The minimum Gasteiger partial charge on any atom is -0.495 e. The molecule has 0 radical (unpaired) electrons. The van der Waals surface area contributed by atoms with Crippen LogP contribution in [0.2, 0.25) is 0 Å². The number of hydrogen-bond acceptors (Lipinski definition) is 4. The van der Waals surface area contributed by atoms with Gasteiger partial charge in [-0.2, -0.15) is 0 Å². The zero-order chi connectivity index (χ0) is 13.9. The smallest absolute Gasteiger partial charge is 0.495 e. The molecule has 0 saturated heterocycles. The fourth-order valence-electron chi connectivity index (χ4n) is 1.20. The third-order valence-corrected chi connectivity index (χ3v) is 1.85. The second-order valence-electron chi connectivity index (χ2n) is 2.93. The van der Waals surface area contributed by atoms with Crippen molar-refractivity contribution in [2.45, 2.75) is 12.8 Å². The van der Waals surface area contributed by atoms with Gasteiger partial charge in [0.2, 0.25) is 5.88 Å². The highest BCUT2D eigenvalue weighted by Gasteiger charge is 2.35. The van der Waals surface area contributed by atoms with Crippen LogP contribution in [-0.2, 0) is 0 Å². The molecule has 0 amide bonds. The number of carbonyl (C=O) groups is 1. The fourth-order valence-corrected chi connectivity index (χ4v) is 1.20. The lowest BCUT2D eigenvalue weighted by atomic mass is 10.1. The van der Waals surface area contributed by atoms with Gasteiger partial charge in [-0.3, -0.25) is 4.79 Å². The van der Waals surface area contributed by atoms with Crippen molar-refractivity contribution in [1.29, 1.82) is 0 Å². The summed E-state index contributed by atoms with van der Waals surface area (Å²) < 4.78 is 69.1. The van der Waals surface area contributed by atoms with Gasteiger partial charge in [-0.05, 0) is 0 Å². The van der Waals surface area contributed by atoms with Crippen LogP contribution in [0.5, 0.6) is 11.6 Å². The molecule has 0 spiro atoms. The molecule has 0 aliphatic rings. The molecule has 1 aromatic rings. The Bertz CT molecular complexity index is 447. The largest absolute Gasteiger partial charge is 0.574 e. The van der Waals surface area contributed by atoms with E-state index < -0.39 is 35.5 Å². The molecule has 0 bridgehead atoms. The zero-order valence-corrected chi connectivity index (χ0v) is 8.79. The van der Waals surface area contributed by atoms with Crippen molar-refractivity contribution in [2.75, 3.05) is 7.11 Å². The van der Waals surface area contributed by atoms with Crippen LogP contribution in [0, 0.1) is 0 Å². The SMILES string of the molecule is COc1cnc(OC(F)(F)F)c(C=O)c1C(F)F. The Kier molecular flexibility index (Phi) is 4.04. The molecule has 18 heavy (non-hydrogen) atoms. The van der Waals surface area contributed by atoms with Gasteiger partial charge in [0.05, 0.1) is 24.4 Å². The molecule has 0 fully saturated rings.